The molecule has 15 heavy (non-hydrogen) atoms. The van der Waals surface area contributed by atoms with E-state index in [0.717, 1.165) is 29.9 Å². The first-order chi connectivity index (χ1) is 6.93. The molecule has 3 N–H and O–H groups in total. The third kappa shape index (κ3) is 3.57. The van der Waals surface area contributed by atoms with Crippen LogP contribution in [0.3, 0.4) is 0 Å². The molecule has 0 fully saturated rings. The van der Waals surface area contributed by atoms with Gasteiger partial charge in [0.2, 0.25) is 9.47 Å². The Hall–Kier alpha value is -0.990. The number of primary sulfonamides is 1. The Morgan fingerprint density at radius 3 is 2.73 bits per heavy atom. The van der Waals surface area contributed by atoms with E-state index in [2.05, 4.69) is 22.1 Å². The van der Waals surface area contributed by atoms with Crippen LogP contribution in [-0.2, 0) is 10.0 Å². The molecule has 1 aromatic rings. The highest BCUT2D eigenvalue weighted by molar-refractivity contribution is 7.91. The van der Waals surface area contributed by atoms with Gasteiger partial charge in [-0.25, -0.2) is 13.6 Å². The van der Waals surface area contributed by atoms with Gasteiger partial charge < -0.3 is 5.32 Å². The summed E-state index contributed by atoms with van der Waals surface area (Å²) in [5, 5.41) is 15.2. The van der Waals surface area contributed by atoms with Crippen molar-refractivity contribution in [3.63, 3.8) is 0 Å². The van der Waals surface area contributed by atoms with Crippen LogP contribution in [0.25, 0.3) is 0 Å². The van der Waals surface area contributed by atoms with Crippen molar-refractivity contribution in [2.24, 2.45) is 5.14 Å². The summed E-state index contributed by atoms with van der Waals surface area (Å²) in [5.74, 6) is 0. The minimum Gasteiger partial charge on any atom is -0.334 e. The number of aromatic nitrogens is 2. The molecule has 0 aliphatic carbocycles. The molecule has 0 radical (unpaired) electrons. The van der Waals surface area contributed by atoms with Crippen LogP contribution in [0.15, 0.2) is 16.6 Å². The number of nitrogens with one attached hydrogen (secondary N) is 1. The van der Waals surface area contributed by atoms with Crippen molar-refractivity contribution in [1.29, 1.82) is 0 Å². The number of hydrogen-bond donors (Lipinski definition) is 2. The molecule has 1 rings (SSSR count). The first-order valence-corrected chi connectivity index (χ1v) is 6.61. The van der Waals surface area contributed by atoms with Crippen LogP contribution in [0, 0.1) is 0 Å². The number of hydrogen-bond acceptors (Lipinski definition) is 6. The number of nitrogens with two attached hydrogens (primary N) is 1. The van der Waals surface area contributed by atoms with Crippen molar-refractivity contribution in [3.8, 4) is 0 Å². The molecular formula is C7H12N4O2S2. The monoisotopic (exact) mass is 248 g/mol. The normalized spacial score (nSPS) is 11.3. The van der Waals surface area contributed by atoms with Crippen LogP contribution in [0.1, 0.15) is 19.8 Å². The molecule has 0 aromatic carbocycles. The molecule has 6 nitrogen and oxygen atoms in total. The molecule has 84 valence electrons. The Bertz CT molecular complexity index is 451. The number of allylic oxidation sites excluding steroid dienone is 1. The van der Waals surface area contributed by atoms with Crippen LogP contribution >= 0.6 is 11.3 Å². The Kier molecular flexibility index (Phi) is 3.77. The van der Waals surface area contributed by atoms with E-state index in [9.17, 15) is 8.42 Å². The van der Waals surface area contributed by atoms with E-state index in [1.54, 1.807) is 0 Å². The number of nitrogens with zero attached hydrogens (tertiary/aromatic N) is 2. The predicted molar refractivity (Wildman–Crippen MR) is 59.0 cm³/mol. The summed E-state index contributed by atoms with van der Waals surface area (Å²) in [6, 6.07) is 0. The fraction of sp³-hybridized carbons (Fsp3) is 0.429. The molecule has 0 saturated heterocycles. The third-order valence-electron chi connectivity index (χ3n) is 1.49. The SMILES string of the molecule is C=C(CCC)Nc1nnc(S(N)(=O)=O)s1. The standard InChI is InChI=1S/C7H12N4O2S2/c1-3-4-5(2)9-6-10-11-7(14-6)15(8,12)13/h2-4H2,1H3,(H,9,10)(H2,8,12,13). The van der Waals surface area contributed by atoms with Crippen molar-refractivity contribution in [2.45, 2.75) is 24.1 Å². The third-order valence-corrected chi connectivity index (χ3v) is 3.63. The molecule has 8 heteroatoms. The van der Waals surface area contributed by atoms with Crippen molar-refractivity contribution < 1.29 is 8.42 Å². The van der Waals surface area contributed by atoms with Crippen LogP contribution < -0.4 is 10.5 Å². The highest BCUT2D eigenvalue weighted by atomic mass is 32.2. The fourth-order valence-corrected chi connectivity index (χ4v) is 2.27. The van der Waals surface area contributed by atoms with E-state index in [1.165, 1.54) is 0 Å². The van der Waals surface area contributed by atoms with Crippen LogP contribution in [-0.4, -0.2) is 18.6 Å². The van der Waals surface area contributed by atoms with Gasteiger partial charge >= 0.3 is 0 Å². The second kappa shape index (κ2) is 4.69. The highest BCUT2D eigenvalue weighted by Crippen LogP contribution is 2.20. The van der Waals surface area contributed by atoms with Crippen LogP contribution in [0.4, 0.5) is 5.13 Å². The maximum absolute atomic E-state index is 10.9. The van der Waals surface area contributed by atoms with E-state index in [4.69, 9.17) is 5.14 Å². The first kappa shape index (κ1) is 12.1. The Balaban J connectivity index is 2.73. The van der Waals surface area contributed by atoms with Crippen molar-refractivity contribution in [3.05, 3.63) is 12.3 Å². The molecule has 1 aromatic heterocycles. The summed E-state index contributed by atoms with van der Waals surface area (Å²) in [6.07, 6.45) is 1.75. The largest absolute Gasteiger partial charge is 0.334 e. The van der Waals surface area contributed by atoms with Gasteiger partial charge in [-0.3, -0.25) is 0 Å². The molecule has 0 aliphatic rings. The molecule has 1 heterocycles. The Morgan fingerprint density at radius 2 is 2.27 bits per heavy atom. The van der Waals surface area contributed by atoms with E-state index in [1.807, 2.05) is 6.92 Å². The quantitative estimate of drug-likeness (QED) is 0.807. The van der Waals surface area contributed by atoms with Crippen molar-refractivity contribution >= 4 is 26.5 Å². The van der Waals surface area contributed by atoms with Gasteiger partial charge in [0.15, 0.2) is 0 Å². The highest BCUT2D eigenvalue weighted by Gasteiger charge is 2.14. The molecule has 0 bridgehead atoms. The lowest BCUT2D eigenvalue weighted by atomic mass is 10.3. The number of anilines is 1. The van der Waals surface area contributed by atoms with Gasteiger partial charge in [-0.15, -0.1) is 10.2 Å². The molecule has 0 saturated carbocycles. The van der Waals surface area contributed by atoms with Gasteiger partial charge in [0, 0.05) is 5.70 Å². The van der Waals surface area contributed by atoms with Gasteiger partial charge in [-0.1, -0.05) is 31.3 Å². The second-order valence-electron chi connectivity index (χ2n) is 2.90. The maximum atomic E-state index is 10.9. The lowest BCUT2D eigenvalue weighted by Gasteiger charge is -2.02. The van der Waals surface area contributed by atoms with Crippen LogP contribution in [0.2, 0.25) is 0 Å². The van der Waals surface area contributed by atoms with E-state index < -0.39 is 10.0 Å². The lowest BCUT2D eigenvalue weighted by Crippen LogP contribution is -2.11. The average Bonchev–Trinajstić information content (AvgIpc) is 2.52. The number of rotatable bonds is 5. The molecule has 0 spiro atoms. The zero-order valence-corrected chi connectivity index (χ0v) is 9.86. The zero-order valence-electron chi connectivity index (χ0n) is 8.23. The van der Waals surface area contributed by atoms with E-state index in [0.29, 0.717) is 5.13 Å². The van der Waals surface area contributed by atoms with E-state index in [-0.39, 0.29) is 4.34 Å². The molecule has 0 unspecified atom stereocenters. The molecule has 0 aliphatic heterocycles. The first-order valence-electron chi connectivity index (χ1n) is 4.24. The number of sulfonamides is 1. The van der Waals surface area contributed by atoms with Gasteiger partial charge in [-0.05, 0) is 6.42 Å². The molecular weight excluding hydrogens is 236 g/mol. The second-order valence-corrected chi connectivity index (χ2v) is 5.61. The topological polar surface area (TPSA) is 98.0 Å². The summed E-state index contributed by atoms with van der Waals surface area (Å²) in [6.45, 7) is 5.77. The van der Waals surface area contributed by atoms with Gasteiger partial charge in [0.1, 0.15) is 0 Å². The fourth-order valence-electron chi connectivity index (χ4n) is 0.891. The smallest absolute Gasteiger partial charge is 0.267 e. The van der Waals surface area contributed by atoms with Crippen LogP contribution in [0.5, 0.6) is 0 Å². The summed E-state index contributed by atoms with van der Waals surface area (Å²) in [4.78, 5) is 0. The summed E-state index contributed by atoms with van der Waals surface area (Å²) >= 11 is 0.887. The van der Waals surface area contributed by atoms with Crippen molar-refractivity contribution in [2.75, 3.05) is 5.32 Å². The Morgan fingerprint density at radius 1 is 1.60 bits per heavy atom. The minimum atomic E-state index is -3.75. The van der Waals surface area contributed by atoms with Gasteiger partial charge in [-0.2, -0.15) is 0 Å². The van der Waals surface area contributed by atoms with Gasteiger partial charge in [0.25, 0.3) is 10.0 Å². The zero-order chi connectivity index (χ0) is 11.5. The average molecular weight is 248 g/mol. The summed E-state index contributed by atoms with van der Waals surface area (Å²) < 4.78 is 21.6. The minimum absolute atomic E-state index is 0.200. The summed E-state index contributed by atoms with van der Waals surface area (Å²) in [7, 11) is -3.75. The lowest BCUT2D eigenvalue weighted by molar-refractivity contribution is 0.596. The summed E-state index contributed by atoms with van der Waals surface area (Å²) in [5.41, 5.74) is 0.773. The predicted octanol–water partition coefficient (Wildman–Crippen LogP) is 0.911. The molecule has 0 amide bonds. The van der Waals surface area contributed by atoms with Crippen molar-refractivity contribution in [1.82, 2.24) is 10.2 Å². The van der Waals surface area contributed by atoms with Gasteiger partial charge in [0.05, 0.1) is 0 Å². The Labute approximate surface area is 92.3 Å². The van der Waals surface area contributed by atoms with E-state index >= 15 is 0 Å². The molecule has 0 atom stereocenters. The maximum Gasteiger partial charge on any atom is 0.267 e.